The van der Waals surface area contributed by atoms with E-state index in [1.807, 2.05) is 0 Å². The Hall–Kier alpha value is -3.06. The largest absolute Gasteiger partial charge is 0.364 e. The molecule has 0 aliphatic rings. The fourth-order valence-corrected chi connectivity index (χ4v) is 6.46. The highest BCUT2D eigenvalue weighted by atomic mass is 31.2. The highest BCUT2D eigenvalue weighted by Crippen LogP contribution is 2.57. The zero-order chi connectivity index (χ0) is 20.1. The Balaban J connectivity index is 2.41. The second kappa shape index (κ2) is 8.31. The van der Waals surface area contributed by atoms with Crippen LogP contribution in [0.25, 0.3) is 0 Å². The molecule has 3 aromatic carbocycles. The van der Waals surface area contributed by atoms with Crippen LogP contribution in [0.2, 0.25) is 0 Å². The number of aryl methyl sites for hydroxylation is 3. The summed E-state index contributed by atoms with van der Waals surface area (Å²) in [4.78, 5) is 14.4. The first-order valence-corrected chi connectivity index (χ1v) is 10.7. The zero-order valence-corrected chi connectivity index (χ0v) is 17.1. The minimum absolute atomic E-state index is 0.0648. The predicted molar refractivity (Wildman–Crippen MR) is 119 cm³/mol. The highest BCUT2D eigenvalue weighted by molar-refractivity contribution is 7.94. The molecule has 0 aliphatic heterocycles. The number of rotatable bonds is 4. The predicted octanol–water partition coefficient (Wildman–Crippen LogP) is 3.47. The summed E-state index contributed by atoms with van der Waals surface area (Å²) in [5.74, 6) is -0.0648. The van der Waals surface area contributed by atoms with Crippen molar-refractivity contribution in [2.75, 3.05) is 0 Å². The second-order valence-electron chi connectivity index (χ2n) is 6.80. The van der Waals surface area contributed by atoms with Crippen LogP contribution in [0.1, 0.15) is 16.7 Å². The van der Waals surface area contributed by atoms with Gasteiger partial charge in [0.25, 0.3) is 5.96 Å². The maximum absolute atomic E-state index is 10.8. The summed E-state index contributed by atoms with van der Waals surface area (Å²) in [5, 5.41) is 3.15. The van der Waals surface area contributed by atoms with Crippen LogP contribution < -0.4 is 21.6 Å². The molecule has 0 unspecified atom stereocenters. The van der Waals surface area contributed by atoms with Gasteiger partial charge in [0, 0.05) is 0 Å². The number of benzene rings is 3. The molecule has 0 bridgehead atoms. The molecule has 0 spiro atoms. The van der Waals surface area contributed by atoms with Gasteiger partial charge in [0.15, 0.2) is 0 Å². The third-order valence-electron chi connectivity index (χ3n) is 4.64. The van der Waals surface area contributed by atoms with Gasteiger partial charge in [-0.2, -0.15) is 0 Å². The van der Waals surface area contributed by atoms with E-state index in [1.165, 1.54) is 6.08 Å². The van der Waals surface area contributed by atoms with Crippen molar-refractivity contribution in [3.8, 4) is 0 Å². The van der Waals surface area contributed by atoms with Gasteiger partial charge in [-0.3, -0.25) is 0 Å². The molecule has 3 aromatic rings. The van der Waals surface area contributed by atoms with E-state index in [9.17, 15) is 4.79 Å². The molecule has 4 nitrogen and oxygen atoms in total. The van der Waals surface area contributed by atoms with Crippen molar-refractivity contribution < 1.29 is 4.79 Å². The summed E-state index contributed by atoms with van der Waals surface area (Å²) in [6, 6.07) is 24.9. The molecule has 0 aliphatic carbocycles. The average Bonchev–Trinajstić information content (AvgIpc) is 2.68. The molecule has 0 amide bonds. The topological polar surface area (TPSA) is 67.8 Å². The molecule has 140 valence electrons. The van der Waals surface area contributed by atoms with Gasteiger partial charge < -0.3 is 5.73 Å². The van der Waals surface area contributed by atoms with Crippen molar-refractivity contribution in [1.29, 1.82) is 0 Å². The first-order valence-electron chi connectivity index (χ1n) is 9.00. The Morgan fingerprint density at radius 1 is 0.714 bits per heavy atom. The number of guanidine groups is 1. The molecular formula is C23H23N3OP+. The van der Waals surface area contributed by atoms with Crippen molar-refractivity contribution in [2.45, 2.75) is 20.8 Å². The first-order chi connectivity index (χ1) is 13.5. The summed E-state index contributed by atoms with van der Waals surface area (Å²) in [7, 11) is -2.51. The van der Waals surface area contributed by atoms with Crippen molar-refractivity contribution in [1.82, 2.24) is 0 Å². The Bertz CT molecular complexity index is 922. The van der Waals surface area contributed by atoms with Crippen LogP contribution in [-0.4, -0.2) is 12.0 Å². The molecule has 0 radical (unpaired) electrons. The molecule has 0 atom stereocenters. The van der Waals surface area contributed by atoms with Gasteiger partial charge in [0.2, 0.25) is 13.5 Å². The molecule has 0 heterocycles. The number of nitrogens with two attached hydrogens (primary N) is 1. The molecule has 28 heavy (non-hydrogen) atoms. The lowest BCUT2D eigenvalue weighted by Gasteiger charge is -2.22. The first kappa shape index (κ1) is 19.7. The second-order valence-corrected chi connectivity index (χ2v) is 9.82. The van der Waals surface area contributed by atoms with Gasteiger partial charge >= 0.3 is 0 Å². The van der Waals surface area contributed by atoms with E-state index >= 15 is 0 Å². The monoisotopic (exact) mass is 388 g/mol. The Morgan fingerprint density at radius 2 is 1.04 bits per heavy atom. The van der Waals surface area contributed by atoms with Crippen LogP contribution in [0.5, 0.6) is 0 Å². The van der Waals surface area contributed by atoms with Gasteiger partial charge in [-0.05, 0) is 57.2 Å². The maximum atomic E-state index is 10.8. The van der Waals surface area contributed by atoms with E-state index < -0.39 is 7.41 Å². The fraction of sp³-hybridized carbons (Fsp3) is 0.130. The summed E-state index contributed by atoms with van der Waals surface area (Å²) in [6.07, 6.45) is 1.51. The smallest absolute Gasteiger partial charge is 0.267 e. The van der Waals surface area contributed by atoms with Crippen LogP contribution in [0, 0.1) is 20.8 Å². The number of aliphatic imine (C=N–C) groups is 1. The number of isocyanates is 1. The molecule has 2 N–H and O–H groups in total. The van der Waals surface area contributed by atoms with Gasteiger partial charge in [-0.25, -0.2) is 4.79 Å². The Morgan fingerprint density at radius 3 is 1.32 bits per heavy atom. The fourth-order valence-electron chi connectivity index (χ4n) is 3.12. The van der Waals surface area contributed by atoms with E-state index in [0.29, 0.717) is 0 Å². The van der Waals surface area contributed by atoms with Crippen LogP contribution in [-0.2, 0) is 4.79 Å². The average molecular weight is 388 g/mol. The van der Waals surface area contributed by atoms with Gasteiger partial charge in [-0.15, -0.1) is 4.99 Å². The van der Waals surface area contributed by atoms with Crippen LogP contribution in [0.15, 0.2) is 82.6 Å². The van der Waals surface area contributed by atoms with E-state index in [0.717, 1.165) is 32.6 Å². The summed E-state index contributed by atoms with van der Waals surface area (Å²) in [6.45, 7) is 6.15. The molecule has 0 fully saturated rings. The SMILES string of the molecule is Cc1ccc([P+](/N=C(\N)N=C=O)(c2ccc(C)cc2)c2ccc(C)cc2)cc1. The van der Waals surface area contributed by atoms with Crippen molar-refractivity contribution in [2.24, 2.45) is 15.5 Å². The van der Waals surface area contributed by atoms with Gasteiger partial charge in [-0.1, -0.05) is 57.9 Å². The van der Waals surface area contributed by atoms with Crippen molar-refractivity contribution in [3.63, 3.8) is 0 Å². The standard InChI is InChI=1S/C23H23N3OP/c1-17-4-10-20(11-5-17)28(26-23(24)25-16-27,21-12-6-18(2)7-13-21)22-14-8-19(3)9-15-22/h4-15H,1-3H3,(H2,24,26)/q+1. The number of carbonyl (C=O) groups excluding carboxylic acids is 1. The molecule has 0 saturated heterocycles. The van der Waals surface area contributed by atoms with Crippen molar-refractivity contribution in [3.05, 3.63) is 89.5 Å². The summed E-state index contributed by atoms with van der Waals surface area (Å²) < 4.78 is 4.87. The van der Waals surface area contributed by atoms with E-state index in [-0.39, 0.29) is 5.96 Å². The lowest BCUT2D eigenvalue weighted by atomic mass is 10.2. The highest BCUT2D eigenvalue weighted by Gasteiger charge is 2.47. The normalized spacial score (nSPS) is 11.8. The molecule has 5 heteroatoms. The molecule has 0 saturated carbocycles. The van der Waals surface area contributed by atoms with Crippen LogP contribution >= 0.6 is 7.41 Å². The quantitative estimate of drug-likeness (QED) is 0.322. The minimum Gasteiger partial charge on any atom is -0.364 e. The zero-order valence-electron chi connectivity index (χ0n) is 16.3. The molecular weight excluding hydrogens is 365 g/mol. The van der Waals surface area contributed by atoms with Crippen LogP contribution in [0.4, 0.5) is 0 Å². The number of hydrogen-bond acceptors (Lipinski definition) is 2. The molecule has 0 aromatic heterocycles. The maximum Gasteiger partial charge on any atom is 0.267 e. The number of nitrogens with zero attached hydrogens (tertiary/aromatic N) is 2. The van der Waals surface area contributed by atoms with E-state index in [4.69, 9.17) is 10.5 Å². The Labute approximate surface area is 166 Å². The third kappa shape index (κ3) is 3.94. The van der Waals surface area contributed by atoms with E-state index in [2.05, 4.69) is 98.6 Å². The lowest BCUT2D eigenvalue weighted by molar-refractivity contribution is 0.565. The summed E-state index contributed by atoms with van der Waals surface area (Å²) in [5.41, 5.74) is 9.51. The van der Waals surface area contributed by atoms with E-state index in [1.54, 1.807) is 0 Å². The van der Waals surface area contributed by atoms with Gasteiger partial charge in [0.1, 0.15) is 15.9 Å². The third-order valence-corrected chi connectivity index (χ3v) is 8.28. The summed E-state index contributed by atoms with van der Waals surface area (Å²) >= 11 is 0. The number of hydrogen-bond donors (Lipinski definition) is 1. The minimum atomic E-state index is -2.51. The van der Waals surface area contributed by atoms with Gasteiger partial charge in [0.05, 0.1) is 0 Å². The lowest BCUT2D eigenvalue weighted by Crippen LogP contribution is -2.31. The molecule has 3 rings (SSSR count). The van der Waals surface area contributed by atoms with Crippen molar-refractivity contribution >= 4 is 35.4 Å². The Kier molecular flexibility index (Phi) is 5.84. The van der Waals surface area contributed by atoms with Crippen LogP contribution in [0.3, 0.4) is 0 Å².